The monoisotopic (exact) mass is 275 g/mol. The number of ether oxygens (including phenoxy) is 1. The lowest BCUT2D eigenvalue weighted by Crippen LogP contribution is -2.40. The summed E-state index contributed by atoms with van der Waals surface area (Å²) in [7, 11) is 0. The summed E-state index contributed by atoms with van der Waals surface area (Å²) in [6, 6.07) is -0.170. The molecule has 0 aromatic heterocycles. The molecule has 0 aromatic rings. The first-order valence-corrected chi connectivity index (χ1v) is 6.87. The van der Waals surface area contributed by atoms with Crippen molar-refractivity contribution in [2.24, 2.45) is 4.99 Å². The lowest BCUT2D eigenvalue weighted by molar-refractivity contribution is -0.260. The van der Waals surface area contributed by atoms with Crippen LogP contribution in [0, 0.1) is 0 Å². The Morgan fingerprint density at radius 3 is 2.83 bits per heavy atom. The van der Waals surface area contributed by atoms with Gasteiger partial charge in [-0.05, 0) is 0 Å². The molecular formula is C11H19N2O4S-. The zero-order valence-electron chi connectivity index (χ0n) is 10.9. The Balaban J connectivity index is 2.47. The molecule has 1 amide bonds. The van der Waals surface area contributed by atoms with Gasteiger partial charge in [0.2, 0.25) is 5.91 Å². The zero-order valence-corrected chi connectivity index (χ0v) is 11.7. The van der Waals surface area contributed by atoms with Crippen LogP contribution in [0.15, 0.2) is 4.99 Å². The number of nitrogens with zero attached hydrogens (tertiary/aromatic N) is 2. The third-order valence-corrected chi connectivity index (χ3v) is 3.33. The summed E-state index contributed by atoms with van der Waals surface area (Å²) in [5.41, 5.74) is -0.610. The van der Waals surface area contributed by atoms with Gasteiger partial charge in [0, 0.05) is 11.4 Å². The molecule has 1 heterocycles. The van der Waals surface area contributed by atoms with Crippen LogP contribution >= 0.6 is 11.8 Å². The van der Waals surface area contributed by atoms with Crippen molar-refractivity contribution in [3.63, 3.8) is 0 Å². The maximum atomic E-state index is 11.8. The molecule has 1 N–H and O–H groups in total. The molecule has 0 unspecified atom stereocenters. The summed E-state index contributed by atoms with van der Waals surface area (Å²) in [6.07, 6.45) is -0.733. The van der Waals surface area contributed by atoms with Gasteiger partial charge in [-0.2, -0.15) is 0 Å². The summed E-state index contributed by atoms with van der Waals surface area (Å²) in [5.74, 6) is 0.993. The fraction of sp³-hybridized carbons (Fsp3) is 0.818. The van der Waals surface area contributed by atoms with E-state index in [1.54, 1.807) is 37.4 Å². The Bertz CT molecular complexity index is 327. The van der Waals surface area contributed by atoms with Crippen molar-refractivity contribution < 1.29 is 19.7 Å². The van der Waals surface area contributed by atoms with Gasteiger partial charge in [0.25, 0.3) is 0 Å². The molecule has 0 spiro atoms. The van der Waals surface area contributed by atoms with Crippen molar-refractivity contribution in [2.45, 2.75) is 32.4 Å². The van der Waals surface area contributed by atoms with Crippen molar-refractivity contribution in [3.8, 4) is 0 Å². The van der Waals surface area contributed by atoms with Crippen LogP contribution in [0.2, 0.25) is 0 Å². The zero-order chi connectivity index (χ0) is 13.8. The van der Waals surface area contributed by atoms with Crippen molar-refractivity contribution in [1.29, 1.82) is 0 Å². The molecule has 1 saturated heterocycles. The number of hydrogen-bond donors (Lipinski definition) is 1. The third-order valence-electron chi connectivity index (χ3n) is 2.25. The Hall–Kier alpha value is -0.950. The highest BCUT2D eigenvalue weighted by atomic mass is 32.2. The van der Waals surface area contributed by atoms with E-state index in [9.17, 15) is 9.90 Å². The molecule has 0 radical (unpaired) electrons. The summed E-state index contributed by atoms with van der Waals surface area (Å²) < 4.78 is 4.97. The van der Waals surface area contributed by atoms with Crippen LogP contribution in [0.1, 0.15) is 20.8 Å². The highest BCUT2D eigenvalue weighted by Gasteiger charge is 2.28. The van der Waals surface area contributed by atoms with Gasteiger partial charge < -0.3 is 19.8 Å². The van der Waals surface area contributed by atoms with Crippen LogP contribution in [0.4, 0.5) is 0 Å². The van der Waals surface area contributed by atoms with Gasteiger partial charge in [-0.15, -0.1) is 11.8 Å². The second kappa shape index (κ2) is 6.29. The predicted molar refractivity (Wildman–Crippen MR) is 68.2 cm³/mol. The molecule has 104 valence electrons. The molecule has 1 rings (SSSR count). The van der Waals surface area contributed by atoms with Gasteiger partial charge in [0.15, 0.2) is 0 Å². The highest BCUT2D eigenvalue weighted by Crippen LogP contribution is 2.20. The van der Waals surface area contributed by atoms with Crippen LogP contribution in [0.5, 0.6) is 0 Å². The Morgan fingerprint density at radius 1 is 1.61 bits per heavy atom. The number of thioether (sulfide) groups is 1. The molecule has 1 aliphatic heterocycles. The summed E-state index contributed by atoms with van der Waals surface area (Å²) in [5, 5.41) is 20.4. The molecule has 1 fully saturated rings. The van der Waals surface area contributed by atoms with Crippen molar-refractivity contribution in [3.05, 3.63) is 0 Å². The SMILES string of the molecule is CC(C)(C)OC([O-])=NCC(=O)N1CSC[C@H]1CO. The molecule has 18 heavy (non-hydrogen) atoms. The molecule has 6 nitrogen and oxygen atoms in total. The maximum Gasteiger partial charge on any atom is 0.245 e. The number of hydrogen-bond acceptors (Lipinski definition) is 6. The summed E-state index contributed by atoms with van der Waals surface area (Å²) >= 11 is 1.57. The van der Waals surface area contributed by atoms with Gasteiger partial charge in [0.05, 0.1) is 18.5 Å². The van der Waals surface area contributed by atoms with Crippen LogP contribution in [0.25, 0.3) is 0 Å². The molecule has 1 aliphatic rings. The Labute approximate surface area is 111 Å². The fourth-order valence-electron chi connectivity index (χ4n) is 1.43. The second-order valence-electron chi connectivity index (χ2n) is 5.00. The van der Waals surface area contributed by atoms with Crippen LogP contribution in [0.3, 0.4) is 0 Å². The third kappa shape index (κ3) is 4.73. The summed E-state index contributed by atoms with van der Waals surface area (Å²) in [6.45, 7) is 4.92. The normalized spacial score (nSPS) is 21.2. The van der Waals surface area contributed by atoms with E-state index in [2.05, 4.69) is 4.99 Å². The Morgan fingerprint density at radius 2 is 2.28 bits per heavy atom. The molecule has 0 aromatic carbocycles. The van der Waals surface area contributed by atoms with Gasteiger partial charge in [0.1, 0.15) is 12.6 Å². The minimum absolute atomic E-state index is 0.0643. The summed E-state index contributed by atoms with van der Waals surface area (Å²) in [4.78, 5) is 16.9. The average molecular weight is 275 g/mol. The van der Waals surface area contributed by atoms with Crippen LogP contribution in [-0.4, -0.2) is 58.4 Å². The van der Waals surface area contributed by atoms with E-state index in [0.717, 1.165) is 0 Å². The van der Waals surface area contributed by atoms with E-state index >= 15 is 0 Å². The fourth-order valence-corrected chi connectivity index (χ4v) is 2.64. The number of aliphatic hydroxyl groups excluding tert-OH is 1. The average Bonchev–Trinajstić information content (AvgIpc) is 2.71. The van der Waals surface area contributed by atoms with Gasteiger partial charge in [-0.1, -0.05) is 20.8 Å². The van der Waals surface area contributed by atoms with Crippen LogP contribution < -0.4 is 5.11 Å². The number of rotatable bonds is 3. The molecular weight excluding hydrogens is 256 g/mol. The largest absolute Gasteiger partial charge is 0.595 e. The Kier molecular flexibility index (Phi) is 5.28. The van der Waals surface area contributed by atoms with Crippen molar-refractivity contribution in [2.75, 3.05) is 24.8 Å². The van der Waals surface area contributed by atoms with E-state index in [-0.39, 0.29) is 25.1 Å². The van der Waals surface area contributed by atoms with Crippen LogP contribution in [-0.2, 0) is 9.53 Å². The molecule has 0 bridgehead atoms. The van der Waals surface area contributed by atoms with Gasteiger partial charge in [-0.3, -0.25) is 9.79 Å². The number of aliphatic imine (C=N–C) groups is 1. The number of carbonyl (C=O) groups is 1. The molecule has 7 heteroatoms. The van der Waals surface area contributed by atoms with E-state index in [4.69, 9.17) is 9.84 Å². The lowest BCUT2D eigenvalue weighted by atomic mass is 10.2. The number of aliphatic hydroxyl groups is 1. The smallest absolute Gasteiger partial charge is 0.245 e. The topological polar surface area (TPSA) is 85.2 Å². The quantitative estimate of drug-likeness (QED) is 0.550. The molecule has 0 saturated carbocycles. The van der Waals surface area contributed by atoms with E-state index in [1.807, 2.05) is 0 Å². The van der Waals surface area contributed by atoms with E-state index in [0.29, 0.717) is 11.6 Å². The number of amides is 1. The molecule has 1 atom stereocenters. The van der Waals surface area contributed by atoms with Gasteiger partial charge >= 0.3 is 0 Å². The molecule has 0 aliphatic carbocycles. The standard InChI is InChI=1S/C11H20N2O4S/c1-11(2,3)17-10(16)12-4-9(15)13-7-18-6-8(13)5-14/h8,14H,4-7H2,1-3H3,(H,12,16)/p-1/t8-/m1/s1. The van der Waals surface area contributed by atoms with Crippen molar-refractivity contribution in [1.82, 2.24) is 4.90 Å². The lowest BCUT2D eigenvalue weighted by Gasteiger charge is -2.29. The minimum atomic E-state index is -0.733. The first-order chi connectivity index (χ1) is 8.33. The van der Waals surface area contributed by atoms with Crippen molar-refractivity contribution >= 4 is 23.8 Å². The maximum absolute atomic E-state index is 11.8. The minimum Gasteiger partial charge on any atom is -0.595 e. The first-order valence-electron chi connectivity index (χ1n) is 5.72. The predicted octanol–water partition coefficient (Wildman–Crippen LogP) is -0.588. The second-order valence-corrected chi connectivity index (χ2v) is 6.00. The van der Waals surface area contributed by atoms with E-state index in [1.165, 1.54) is 0 Å². The number of carbonyl (C=O) groups excluding carboxylic acids is 1. The first kappa shape index (κ1) is 15.1. The van der Waals surface area contributed by atoms with E-state index < -0.39 is 11.7 Å². The highest BCUT2D eigenvalue weighted by molar-refractivity contribution is 7.99. The van der Waals surface area contributed by atoms with Gasteiger partial charge in [-0.25, -0.2) is 0 Å².